The zero-order valence-corrected chi connectivity index (χ0v) is 9.75. The highest BCUT2D eigenvalue weighted by molar-refractivity contribution is 7.98. The molecule has 0 saturated carbocycles. The Bertz CT molecular complexity index is 413. The van der Waals surface area contributed by atoms with E-state index in [9.17, 15) is 4.79 Å². The summed E-state index contributed by atoms with van der Waals surface area (Å²) in [6.45, 7) is 3.89. The first-order chi connectivity index (χ1) is 7.70. The maximum atomic E-state index is 11.0. The number of thioether (sulfide) groups is 1. The molecule has 1 unspecified atom stereocenters. The SMILES string of the molecule is C=CC1(c2ccc(SC)cc2)COC(=O)O1. The van der Waals surface area contributed by atoms with E-state index in [0.29, 0.717) is 0 Å². The number of hydrogen-bond acceptors (Lipinski definition) is 4. The lowest BCUT2D eigenvalue weighted by molar-refractivity contribution is 0.0887. The van der Waals surface area contributed by atoms with Gasteiger partial charge in [0.25, 0.3) is 0 Å². The van der Waals surface area contributed by atoms with Crippen molar-refractivity contribution in [3.05, 3.63) is 42.5 Å². The molecule has 0 N–H and O–H groups in total. The minimum absolute atomic E-state index is 0.188. The molecule has 1 heterocycles. The lowest BCUT2D eigenvalue weighted by atomic mass is 9.95. The first-order valence-corrected chi connectivity index (χ1v) is 6.06. The Hall–Kier alpha value is -1.42. The van der Waals surface area contributed by atoms with E-state index in [-0.39, 0.29) is 6.61 Å². The van der Waals surface area contributed by atoms with Crippen molar-refractivity contribution in [3.63, 3.8) is 0 Å². The van der Waals surface area contributed by atoms with E-state index >= 15 is 0 Å². The summed E-state index contributed by atoms with van der Waals surface area (Å²) in [6, 6.07) is 7.82. The molecule has 0 bridgehead atoms. The van der Waals surface area contributed by atoms with Crippen LogP contribution in [0.1, 0.15) is 5.56 Å². The average Bonchev–Trinajstić information content (AvgIpc) is 2.72. The first kappa shape index (κ1) is 11.1. The van der Waals surface area contributed by atoms with Crippen LogP contribution < -0.4 is 0 Å². The largest absolute Gasteiger partial charge is 0.509 e. The molecule has 1 aliphatic rings. The lowest BCUT2D eigenvalue weighted by Gasteiger charge is -2.21. The fraction of sp³-hybridized carbons (Fsp3) is 0.250. The number of hydrogen-bond donors (Lipinski definition) is 0. The van der Waals surface area contributed by atoms with Crippen LogP contribution in [-0.2, 0) is 15.1 Å². The molecule has 4 heteroatoms. The van der Waals surface area contributed by atoms with Crippen molar-refractivity contribution in [2.45, 2.75) is 10.5 Å². The van der Waals surface area contributed by atoms with Gasteiger partial charge in [0.05, 0.1) is 0 Å². The maximum Gasteiger partial charge on any atom is 0.509 e. The Kier molecular flexibility index (Phi) is 2.92. The summed E-state index contributed by atoms with van der Waals surface area (Å²) in [7, 11) is 0. The molecule has 16 heavy (non-hydrogen) atoms. The zero-order valence-electron chi connectivity index (χ0n) is 8.93. The quantitative estimate of drug-likeness (QED) is 0.459. The highest BCUT2D eigenvalue weighted by atomic mass is 32.2. The highest BCUT2D eigenvalue weighted by Gasteiger charge is 2.41. The molecule has 1 aromatic carbocycles. The third-order valence-electron chi connectivity index (χ3n) is 2.58. The van der Waals surface area contributed by atoms with Gasteiger partial charge >= 0.3 is 6.16 Å². The van der Waals surface area contributed by atoms with Gasteiger partial charge in [-0.1, -0.05) is 18.7 Å². The third kappa shape index (κ3) is 1.80. The van der Waals surface area contributed by atoms with Gasteiger partial charge in [-0.2, -0.15) is 0 Å². The van der Waals surface area contributed by atoms with Gasteiger partial charge in [0.15, 0.2) is 5.60 Å². The summed E-state index contributed by atoms with van der Waals surface area (Å²) < 4.78 is 10.0. The molecule has 0 spiro atoms. The van der Waals surface area contributed by atoms with Gasteiger partial charge in [-0.25, -0.2) is 4.79 Å². The van der Waals surface area contributed by atoms with Crippen LogP contribution in [0, 0.1) is 0 Å². The molecular weight excluding hydrogens is 224 g/mol. The van der Waals surface area contributed by atoms with Gasteiger partial charge in [0.2, 0.25) is 0 Å². The van der Waals surface area contributed by atoms with Crippen molar-refractivity contribution in [3.8, 4) is 0 Å². The fourth-order valence-electron chi connectivity index (χ4n) is 1.61. The molecule has 0 radical (unpaired) electrons. The van der Waals surface area contributed by atoms with Crippen LogP contribution in [0.15, 0.2) is 41.8 Å². The summed E-state index contributed by atoms with van der Waals surface area (Å²) in [5.41, 5.74) is 0.0553. The highest BCUT2D eigenvalue weighted by Crippen LogP contribution is 2.33. The second kappa shape index (κ2) is 4.22. The van der Waals surface area contributed by atoms with Crippen molar-refractivity contribution in [1.82, 2.24) is 0 Å². The molecule has 0 aliphatic carbocycles. The van der Waals surface area contributed by atoms with Gasteiger partial charge in [-0.05, 0) is 24.5 Å². The molecule has 3 nitrogen and oxygen atoms in total. The Labute approximate surface area is 98.4 Å². The Morgan fingerprint density at radius 2 is 2.12 bits per heavy atom. The lowest BCUT2D eigenvalue weighted by Crippen LogP contribution is -2.25. The Morgan fingerprint density at radius 3 is 2.56 bits per heavy atom. The predicted molar refractivity (Wildman–Crippen MR) is 62.5 cm³/mol. The van der Waals surface area contributed by atoms with E-state index in [0.717, 1.165) is 10.5 Å². The molecule has 1 saturated heterocycles. The molecule has 2 rings (SSSR count). The van der Waals surface area contributed by atoms with E-state index < -0.39 is 11.8 Å². The smallest absolute Gasteiger partial charge is 0.429 e. The van der Waals surface area contributed by atoms with E-state index in [1.165, 1.54) is 0 Å². The van der Waals surface area contributed by atoms with Crippen LogP contribution in [0.3, 0.4) is 0 Å². The second-order valence-electron chi connectivity index (χ2n) is 3.46. The van der Waals surface area contributed by atoms with Crippen LogP contribution in [0.25, 0.3) is 0 Å². The summed E-state index contributed by atoms with van der Waals surface area (Å²) >= 11 is 1.66. The number of ether oxygens (including phenoxy) is 2. The molecule has 0 aromatic heterocycles. The zero-order chi connectivity index (χ0) is 11.6. The normalized spacial score (nSPS) is 23.7. The fourth-order valence-corrected chi connectivity index (χ4v) is 2.02. The summed E-state index contributed by atoms with van der Waals surface area (Å²) in [4.78, 5) is 12.2. The van der Waals surface area contributed by atoms with Crippen LogP contribution >= 0.6 is 11.8 Å². The minimum atomic E-state index is -0.825. The van der Waals surface area contributed by atoms with Gasteiger partial charge in [-0.3, -0.25) is 0 Å². The van der Waals surface area contributed by atoms with Crippen molar-refractivity contribution in [2.75, 3.05) is 12.9 Å². The summed E-state index contributed by atoms with van der Waals surface area (Å²) in [5, 5.41) is 0. The van der Waals surface area contributed by atoms with Gasteiger partial charge in [-0.15, -0.1) is 11.8 Å². The van der Waals surface area contributed by atoms with Crippen LogP contribution in [0.5, 0.6) is 0 Å². The van der Waals surface area contributed by atoms with Crippen LogP contribution in [0.4, 0.5) is 4.79 Å². The van der Waals surface area contributed by atoms with Crippen molar-refractivity contribution in [1.29, 1.82) is 0 Å². The number of cyclic esters (lactones) is 2. The van der Waals surface area contributed by atoms with E-state index in [1.807, 2.05) is 30.5 Å². The third-order valence-corrected chi connectivity index (χ3v) is 3.32. The maximum absolute atomic E-state index is 11.0. The van der Waals surface area contributed by atoms with Crippen molar-refractivity contribution < 1.29 is 14.3 Å². The van der Waals surface area contributed by atoms with Gasteiger partial charge < -0.3 is 9.47 Å². The summed E-state index contributed by atoms with van der Waals surface area (Å²) in [5.74, 6) is 0. The van der Waals surface area contributed by atoms with E-state index in [2.05, 4.69) is 6.58 Å². The van der Waals surface area contributed by atoms with Crippen molar-refractivity contribution >= 4 is 17.9 Å². The molecular formula is C12H12O3S. The van der Waals surface area contributed by atoms with Crippen LogP contribution in [-0.4, -0.2) is 19.0 Å². The van der Waals surface area contributed by atoms with E-state index in [1.54, 1.807) is 17.8 Å². The van der Waals surface area contributed by atoms with Crippen molar-refractivity contribution in [2.24, 2.45) is 0 Å². The van der Waals surface area contributed by atoms with E-state index in [4.69, 9.17) is 9.47 Å². The second-order valence-corrected chi connectivity index (χ2v) is 4.34. The van der Waals surface area contributed by atoms with Crippen LogP contribution in [0.2, 0.25) is 0 Å². The molecule has 1 aliphatic heterocycles. The predicted octanol–water partition coefficient (Wildman–Crippen LogP) is 2.96. The molecule has 0 amide bonds. The first-order valence-electron chi connectivity index (χ1n) is 4.84. The average molecular weight is 236 g/mol. The summed E-state index contributed by atoms with van der Waals surface area (Å²) in [6.07, 6.45) is 2.97. The minimum Gasteiger partial charge on any atom is -0.429 e. The van der Waals surface area contributed by atoms with Gasteiger partial charge in [0.1, 0.15) is 6.61 Å². The Balaban J connectivity index is 2.33. The van der Waals surface area contributed by atoms with Gasteiger partial charge in [0, 0.05) is 10.5 Å². The number of rotatable bonds is 3. The standard InChI is InChI=1S/C12H12O3S/c1-3-12(8-14-11(13)15-12)9-4-6-10(16-2)7-5-9/h3-7H,1,8H2,2H3. The monoisotopic (exact) mass is 236 g/mol. The molecule has 1 fully saturated rings. The number of carbonyl (C=O) groups is 1. The number of carbonyl (C=O) groups excluding carboxylic acids is 1. The Morgan fingerprint density at radius 1 is 1.44 bits per heavy atom. The molecule has 1 atom stereocenters. The topological polar surface area (TPSA) is 35.5 Å². The molecule has 1 aromatic rings. The number of benzene rings is 1. The molecule has 84 valence electrons.